The highest BCUT2D eigenvalue weighted by atomic mass is 19.4. The highest BCUT2D eigenvalue weighted by Gasteiger charge is 2.30. The van der Waals surface area contributed by atoms with E-state index >= 15 is 0 Å². The summed E-state index contributed by atoms with van der Waals surface area (Å²) >= 11 is 0. The van der Waals surface area contributed by atoms with Gasteiger partial charge in [0.1, 0.15) is 5.75 Å². The number of carbonyl (C=O) groups excluding carboxylic acids is 1. The Balaban J connectivity index is 0.000000921. The minimum Gasteiger partial charge on any atom is -0.507 e. The number of hydrogen-bond donors (Lipinski definition) is 1. The van der Waals surface area contributed by atoms with Crippen LogP contribution in [0.4, 0.5) is 13.2 Å². The lowest BCUT2D eigenvalue weighted by atomic mass is 10.1. The van der Waals surface area contributed by atoms with Crippen molar-refractivity contribution in [2.24, 2.45) is 0 Å². The highest BCUT2D eigenvalue weighted by molar-refractivity contribution is 5.79. The van der Waals surface area contributed by atoms with E-state index in [2.05, 4.69) is 0 Å². The van der Waals surface area contributed by atoms with Gasteiger partial charge >= 0.3 is 6.18 Å². The van der Waals surface area contributed by atoms with Crippen LogP contribution in [0.1, 0.15) is 29.8 Å². The first-order valence-corrected chi connectivity index (χ1v) is 4.30. The monoisotopic (exact) mass is 220 g/mol. The molecule has 1 aromatic rings. The summed E-state index contributed by atoms with van der Waals surface area (Å²) in [6, 6.07) is 2.18. The second-order valence-corrected chi connectivity index (χ2v) is 2.39. The highest BCUT2D eigenvalue weighted by Crippen LogP contribution is 2.32. The minimum absolute atomic E-state index is 0.159. The number of alkyl halides is 3. The van der Waals surface area contributed by atoms with Crippen molar-refractivity contribution in [2.75, 3.05) is 0 Å². The fourth-order valence-corrected chi connectivity index (χ4v) is 0.820. The van der Waals surface area contributed by atoms with Gasteiger partial charge in [-0.25, -0.2) is 0 Å². The van der Waals surface area contributed by atoms with Crippen molar-refractivity contribution in [3.05, 3.63) is 29.3 Å². The molecule has 1 N–H and O–H groups in total. The number of rotatable bonds is 1. The van der Waals surface area contributed by atoms with E-state index in [-0.39, 0.29) is 11.8 Å². The topological polar surface area (TPSA) is 37.3 Å². The van der Waals surface area contributed by atoms with Crippen LogP contribution < -0.4 is 0 Å². The van der Waals surface area contributed by atoms with Crippen LogP contribution in [0.25, 0.3) is 0 Å². The van der Waals surface area contributed by atoms with Crippen LogP contribution in [0.3, 0.4) is 0 Å². The molecule has 0 radical (unpaired) electrons. The fourth-order valence-electron chi connectivity index (χ4n) is 0.820. The molecular formula is C10H11F3O2. The van der Waals surface area contributed by atoms with Gasteiger partial charge in [-0.2, -0.15) is 13.2 Å². The average Bonchev–Trinajstić information content (AvgIpc) is 2.19. The van der Waals surface area contributed by atoms with E-state index < -0.39 is 17.5 Å². The van der Waals surface area contributed by atoms with E-state index in [1.165, 1.54) is 0 Å². The molecule has 0 amide bonds. The largest absolute Gasteiger partial charge is 0.507 e. The number of carbonyl (C=O) groups is 1. The van der Waals surface area contributed by atoms with Crippen molar-refractivity contribution in [3.8, 4) is 5.75 Å². The van der Waals surface area contributed by atoms with Crippen molar-refractivity contribution >= 4 is 6.29 Å². The SMILES string of the molecule is CC.O=Cc1ccc(C(F)(F)F)cc1O. The Kier molecular flexibility index (Phi) is 4.84. The zero-order valence-corrected chi connectivity index (χ0v) is 8.30. The van der Waals surface area contributed by atoms with E-state index in [4.69, 9.17) is 5.11 Å². The molecule has 0 atom stereocenters. The van der Waals surface area contributed by atoms with Gasteiger partial charge in [0.25, 0.3) is 0 Å². The first kappa shape index (κ1) is 13.5. The third-order valence-electron chi connectivity index (χ3n) is 1.48. The lowest BCUT2D eigenvalue weighted by Gasteiger charge is -2.06. The van der Waals surface area contributed by atoms with Crippen molar-refractivity contribution in [1.29, 1.82) is 0 Å². The summed E-state index contributed by atoms with van der Waals surface area (Å²) in [5.74, 6) is -0.662. The van der Waals surface area contributed by atoms with E-state index in [0.29, 0.717) is 6.07 Å². The number of halogens is 3. The molecule has 15 heavy (non-hydrogen) atoms. The molecule has 0 unspecified atom stereocenters. The van der Waals surface area contributed by atoms with Crippen LogP contribution in [0, 0.1) is 0 Å². The molecular weight excluding hydrogens is 209 g/mol. The Bertz CT molecular complexity index is 332. The first-order valence-electron chi connectivity index (χ1n) is 4.30. The second kappa shape index (κ2) is 5.38. The molecule has 0 saturated heterocycles. The maximum atomic E-state index is 12.0. The average molecular weight is 220 g/mol. The predicted octanol–water partition coefficient (Wildman–Crippen LogP) is 3.25. The fraction of sp³-hybridized carbons (Fsp3) is 0.300. The molecule has 0 saturated carbocycles. The van der Waals surface area contributed by atoms with Gasteiger partial charge in [-0.3, -0.25) is 4.79 Å². The summed E-state index contributed by atoms with van der Waals surface area (Å²) < 4.78 is 36.0. The maximum Gasteiger partial charge on any atom is 0.416 e. The van der Waals surface area contributed by atoms with E-state index in [1.54, 1.807) is 0 Å². The van der Waals surface area contributed by atoms with Gasteiger partial charge in [-0.15, -0.1) is 0 Å². The Morgan fingerprint density at radius 2 is 1.80 bits per heavy atom. The second-order valence-electron chi connectivity index (χ2n) is 2.39. The molecule has 1 rings (SSSR count). The lowest BCUT2D eigenvalue weighted by molar-refractivity contribution is -0.137. The lowest BCUT2D eigenvalue weighted by Crippen LogP contribution is -2.04. The van der Waals surface area contributed by atoms with Crippen LogP contribution in [0.15, 0.2) is 18.2 Å². The minimum atomic E-state index is -4.50. The standard InChI is InChI=1S/C8H5F3O2.C2H6/c9-8(10,11)6-2-1-5(4-12)7(13)3-6;1-2/h1-4,13H;1-2H3. The summed E-state index contributed by atoms with van der Waals surface area (Å²) in [7, 11) is 0. The van der Waals surface area contributed by atoms with Gasteiger partial charge in [0.2, 0.25) is 0 Å². The summed E-state index contributed by atoms with van der Waals surface area (Å²) in [6.45, 7) is 4.00. The van der Waals surface area contributed by atoms with Crippen LogP contribution >= 0.6 is 0 Å². The number of benzene rings is 1. The Labute approximate surface area is 85.3 Å². The molecule has 0 aliphatic carbocycles. The number of hydrogen-bond acceptors (Lipinski definition) is 2. The molecule has 1 aromatic carbocycles. The first-order chi connectivity index (χ1) is 6.95. The van der Waals surface area contributed by atoms with E-state index in [1.807, 2.05) is 13.8 Å². The van der Waals surface area contributed by atoms with Crippen LogP contribution in [0.5, 0.6) is 5.75 Å². The number of phenols is 1. The quantitative estimate of drug-likeness (QED) is 0.737. The summed E-state index contributed by atoms with van der Waals surface area (Å²) in [6.07, 6.45) is -4.21. The summed E-state index contributed by atoms with van der Waals surface area (Å²) in [4.78, 5) is 10.1. The molecule has 0 spiro atoms. The number of aldehydes is 1. The molecule has 0 aliphatic heterocycles. The molecule has 84 valence electrons. The number of aromatic hydroxyl groups is 1. The molecule has 0 aromatic heterocycles. The molecule has 2 nitrogen and oxygen atoms in total. The van der Waals surface area contributed by atoms with Crippen LogP contribution in [0.2, 0.25) is 0 Å². The van der Waals surface area contributed by atoms with Crippen LogP contribution in [-0.2, 0) is 6.18 Å². The van der Waals surface area contributed by atoms with Crippen molar-refractivity contribution in [3.63, 3.8) is 0 Å². The van der Waals surface area contributed by atoms with E-state index in [9.17, 15) is 18.0 Å². The van der Waals surface area contributed by atoms with Gasteiger partial charge in [0, 0.05) is 0 Å². The van der Waals surface area contributed by atoms with Crippen LogP contribution in [-0.4, -0.2) is 11.4 Å². The third-order valence-corrected chi connectivity index (χ3v) is 1.48. The Morgan fingerprint density at radius 1 is 1.27 bits per heavy atom. The maximum absolute atomic E-state index is 12.0. The van der Waals surface area contributed by atoms with Gasteiger partial charge < -0.3 is 5.11 Å². The molecule has 0 fully saturated rings. The predicted molar refractivity (Wildman–Crippen MR) is 49.8 cm³/mol. The van der Waals surface area contributed by atoms with Crippen molar-refractivity contribution in [1.82, 2.24) is 0 Å². The summed E-state index contributed by atoms with van der Waals surface area (Å²) in [5, 5.41) is 8.92. The number of phenolic OH excluding ortho intramolecular Hbond substituents is 1. The van der Waals surface area contributed by atoms with Gasteiger partial charge in [0.15, 0.2) is 6.29 Å². The zero-order valence-electron chi connectivity index (χ0n) is 8.30. The third kappa shape index (κ3) is 3.61. The van der Waals surface area contributed by atoms with Crippen molar-refractivity contribution in [2.45, 2.75) is 20.0 Å². The molecule has 0 bridgehead atoms. The molecule has 0 aliphatic rings. The zero-order chi connectivity index (χ0) is 12.1. The van der Waals surface area contributed by atoms with Crippen molar-refractivity contribution < 1.29 is 23.1 Å². The van der Waals surface area contributed by atoms with Gasteiger partial charge in [-0.05, 0) is 18.2 Å². The van der Waals surface area contributed by atoms with E-state index in [0.717, 1.165) is 12.1 Å². The van der Waals surface area contributed by atoms with Gasteiger partial charge in [-0.1, -0.05) is 13.8 Å². The Hall–Kier alpha value is -1.52. The summed E-state index contributed by atoms with van der Waals surface area (Å²) in [5.41, 5.74) is -1.14. The van der Waals surface area contributed by atoms with Gasteiger partial charge in [0.05, 0.1) is 11.1 Å². The smallest absolute Gasteiger partial charge is 0.416 e. The molecule has 0 heterocycles. The Morgan fingerprint density at radius 3 is 2.13 bits per heavy atom. The normalized spacial score (nSPS) is 10.2. The molecule has 5 heteroatoms.